The number of rotatable bonds is 5. The molecule has 4 rings (SSSR count). The van der Waals surface area contributed by atoms with Crippen LogP contribution in [0.4, 0.5) is 14.5 Å². The molecule has 10 heteroatoms. The molecule has 3 N–H and O–H groups in total. The minimum atomic E-state index is -2.80. The molecule has 31 heavy (non-hydrogen) atoms. The molecule has 0 radical (unpaired) electrons. The highest BCUT2D eigenvalue weighted by Gasteiger charge is 2.26. The van der Waals surface area contributed by atoms with Gasteiger partial charge in [0.2, 0.25) is 0 Å². The Bertz CT molecular complexity index is 1310. The molecule has 158 valence electrons. The number of hydrogen-bond acceptors (Lipinski definition) is 5. The first kappa shape index (κ1) is 20.6. The molecule has 0 spiro atoms. The molecule has 0 saturated heterocycles. The molecule has 4 aromatic rings. The van der Waals surface area contributed by atoms with Gasteiger partial charge in [-0.25, -0.2) is 13.8 Å². The van der Waals surface area contributed by atoms with Crippen molar-refractivity contribution in [3.05, 3.63) is 64.4 Å². The fraction of sp³-hybridized carbons (Fsp3) is 0.143. The zero-order valence-electron chi connectivity index (χ0n) is 16.5. The first-order valence-electron chi connectivity index (χ1n) is 9.18. The molecule has 1 aromatic carbocycles. The molecule has 0 atom stereocenters. The Hall–Kier alpha value is -3.66. The average Bonchev–Trinajstić information content (AvgIpc) is 3.28. The Labute approximate surface area is 179 Å². The normalized spacial score (nSPS) is 11.3. The van der Waals surface area contributed by atoms with Gasteiger partial charge in [0.05, 0.1) is 17.4 Å². The summed E-state index contributed by atoms with van der Waals surface area (Å²) in [6.07, 6.45) is -1.39. The number of aryl methyl sites for hydroxylation is 1. The second kappa shape index (κ2) is 7.88. The van der Waals surface area contributed by atoms with Gasteiger partial charge in [0.15, 0.2) is 0 Å². The van der Waals surface area contributed by atoms with E-state index < -0.39 is 23.9 Å². The number of nitrogens with two attached hydrogens (primary N) is 1. The second-order valence-corrected chi connectivity index (χ2v) is 7.83. The van der Waals surface area contributed by atoms with Gasteiger partial charge in [-0.1, -0.05) is 30.3 Å². The van der Waals surface area contributed by atoms with Crippen LogP contribution in [0.2, 0.25) is 0 Å². The Morgan fingerprint density at radius 2 is 1.94 bits per heavy atom. The minimum absolute atomic E-state index is 0.0287. The Morgan fingerprint density at radius 1 is 1.23 bits per heavy atom. The number of hydrogen-bond donors (Lipinski definition) is 2. The smallest absolute Gasteiger partial charge is 0.280 e. The summed E-state index contributed by atoms with van der Waals surface area (Å²) < 4.78 is 28.6. The van der Waals surface area contributed by atoms with Crippen molar-refractivity contribution < 1.29 is 18.4 Å². The molecule has 7 nitrogen and oxygen atoms in total. The number of nitrogens with zero attached hydrogens (tertiary/aromatic N) is 3. The maximum Gasteiger partial charge on any atom is 0.280 e. The Balaban J connectivity index is 1.97. The summed E-state index contributed by atoms with van der Waals surface area (Å²) in [5.41, 5.74) is 7.26. The van der Waals surface area contributed by atoms with Gasteiger partial charge in [-0.2, -0.15) is 5.10 Å². The van der Waals surface area contributed by atoms with E-state index in [0.717, 1.165) is 11.3 Å². The lowest BCUT2D eigenvalue weighted by Gasteiger charge is -2.11. The molecule has 3 aromatic heterocycles. The van der Waals surface area contributed by atoms with E-state index in [0.29, 0.717) is 27.8 Å². The van der Waals surface area contributed by atoms with Crippen LogP contribution in [0.5, 0.6) is 0 Å². The van der Waals surface area contributed by atoms with Crippen LogP contribution in [-0.4, -0.2) is 26.6 Å². The maximum absolute atomic E-state index is 13.5. The summed E-state index contributed by atoms with van der Waals surface area (Å²) in [4.78, 5) is 29.3. The molecule has 0 saturated carbocycles. The summed E-state index contributed by atoms with van der Waals surface area (Å²) in [6.45, 7) is 1.73. The van der Waals surface area contributed by atoms with Gasteiger partial charge in [-0.05, 0) is 24.1 Å². The van der Waals surface area contributed by atoms with Crippen molar-refractivity contribution in [3.8, 4) is 11.1 Å². The van der Waals surface area contributed by atoms with Gasteiger partial charge < -0.3 is 11.1 Å². The van der Waals surface area contributed by atoms with E-state index in [9.17, 15) is 18.4 Å². The molecule has 0 aliphatic rings. The Kier molecular flexibility index (Phi) is 5.24. The third-order valence-electron chi connectivity index (χ3n) is 4.93. The van der Waals surface area contributed by atoms with Crippen molar-refractivity contribution in [3.63, 3.8) is 0 Å². The van der Waals surface area contributed by atoms with Crippen LogP contribution in [0.3, 0.4) is 0 Å². The van der Waals surface area contributed by atoms with Crippen LogP contribution in [0.1, 0.15) is 37.8 Å². The molecule has 0 unspecified atom stereocenters. The SMILES string of the molecule is Cc1c(C(=O)Nc2c(C(N)=O)sc3nc(C(F)F)cc(-c4ccccc4)c23)cnn1C. The summed E-state index contributed by atoms with van der Waals surface area (Å²) in [6, 6.07) is 10.1. The van der Waals surface area contributed by atoms with Gasteiger partial charge in [0, 0.05) is 18.1 Å². The molecule has 0 aliphatic heterocycles. The third-order valence-corrected chi connectivity index (χ3v) is 6.03. The van der Waals surface area contributed by atoms with Crippen molar-refractivity contribution in [1.29, 1.82) is 0 Å². The van der Waals surface area contributed by atoms with Gasteiger partial charge in [0.1, 0.15) is 15.4 Å². The summed E-state index contributed by atoms with van der Waals surface area (Å²) in [7, 11) is 1.70. The first-order valence-corrected chi connectivity index (χ1v) is 10.00. The third kappa shape index (κ3) is 3.66. The van der Waals surface area contributed by atoms with E-state index in [1.54, 1.807) is 49.0 Å². The van der Waals surface area contributed by atoms with E-state index in [4.69, 9.17) is 5.73 Å². The topological polar surface area (TPSA) is 103 Å². The second-order valence-electron chi connectivity index (χ2n) is 6.83. The van der Waals surface area contributed by atoms with Crippen LogP contribution in [-0.2, 0) is 7.05 Å². The number of benzene rings is 1. The number of amides is 2. The molecule has 3 heterocycles. The van der Waals surface area contributed by atoms with Crippen LogP contribution >= 0.6 is 11.3 Å². The molecule has 2 amide bonds. The fourth-order valence-electron chi connectivity index (χ4n) is 3.27. The van der Waals surface area contributed by atoms with Crippen LogP contribution in [0.15, 0.2) is 42.6 Å². The largest absolute Gasteiger partial charge is 0.365 e. The number of alkyl halides is 2. The van der Waals surface area contributed by atoms with E-state index in [2.05, 4.69) is 15.4 Å². The highest BCUT2D eigenvalue weighted by atomic mass is 32.1. The van der Waals surface area contributed by atoms with Crippen molar-refractivity contribution in [2.75, 3.05) is 5.32 Å². The van der Waals surface area contributed by atoms with Crippen LogP contribution in [0.25, 0.3) is 21.3 Å². The van der Waals surface area contributed by atoms with Crippen molar-refractivity contribution in [2.24, 2.45) is 12.8 Å². The molecule has 0 fully saturated rings. The van der Waals surface area contributed by atoms with Gasteiger partial charge in [-0.3, -0.25) is 14.3 Å². The lowest BCUT2D eigenvalue weighted by molar-refractivity contribution is 0.100. The number of aromatic nitrogens is 3. The maximum atomic E-state index is 13.5. The summed E-state index contributed by atoms with van der Waals surface area (Å²) >= 11 is 0.864. The highest BCUT2D eigenvalue weighted by molar-refractivity contribution is 7.21. The number of primary amides is 1. The highest BCUT2D eigenvalue weighted by Crippen LogP contribution is 2.42. The predicted molar refractivity (Wildman–Crippen MR) is 114 cm³/mol. The zero-order chi connectivity index (χ0) is 22.3. The quantitative estimate of drug-likeness (QED) is 0.482. The van der Waals surface area contributed by atoms with Crippen molar-refractivity contribution in [1.82, 2.24) is 14.8 Å². The minimum Gasteiger partial charge on any atom is -0.365 e. The van der Waals surface area contributed by atoms with Gasteiger partial charge >= 0.3 is 0 Å². The lowest BCUT2D eigenvalue weighted by atomic mass is 10.0. The van der Waals surface area contributed by atoms with E-state index in [-0.39, 0.29) is 15.4 Å². The van der Waals surface area contributed by atoms with Crippen LogP contribution < -0.4 is 11.1 Å². The standard InChI is InChI=1S/C21H17F2N5O2S/c1-10-13(9-25-28(10)2)20(30)27-16-15-12(11-6-4-3-5-7-11)8-14(18(22)23)26-21(15)31-17(16)19(24)29/h3-9,18H,1-2H3,(H2,24,29)(H,27,30). The van der Waals surface area contributed by atoms with E-state index in [1.807, 2.05) is 0 Å². The summed E-state index contributed by atoms with van der Waals surface area (Å²) in [5.74, 6) is -1.29. The average molecular weight is 441 g/mol. The van der Waals surface area contributed by atoms with Crippen molar-refractivity contribution >= 4 is 39.1 Å². The van der Waals surface area contributed by atoms with Gasteiger partial charge in [-0.15, -0.1) is 11.3 Å². The lowest BCUT2D eigenvalue weighted by Crippen LogP contribution is -2.17. The zero-order valence-corrected chi connectivity index (χ0v) is 17.3. The number of fused-ring (bicyclic) bond motifs is 1. The van der Waals surface area contributed by atoms with Crippen molar-refractivity contribution in [2.45, 2.75) is 13.3 Å². The molecule has 0 bridgehead atoms. The number of pyridine rings is 1. The number of thiophene rings is 1. The number of carbonyl (C=O) groups excluding carboxylic acids is 2. The van der Waals surface area contributed by atoms with E-state index >= 15 is 0 Å². The number of anilines is 1. The number of halogens is 2. The number of carbonyl (C=O) groups is 2. The molecular weight excluding hydrogens is 424 g/mol. The predicted octanol–water partition coefficient (Wildman–Crippen LogP) is 4.29. The van der Waals surface area contributed by atoms with Crippen LogP contribution in [0, 0.1) is 6.92 Å². The van der Waals surface area contributed by atoms with Gasteiger partial charge in [0.25, 0.3) is 18.2 Å². The fourth-order valence-corrected chi connectivity index (χ4v) is 4.28. The first-order chi connectivity index (χ1) is 14.8. The molecule has 0 aliphatic carbocycles. The monoisotopic (exact) mass is 441 g/mol. The summed E-state index contributed by atoms with van der Waals surface area (Å²) in [5, 5.41) is 7.17. The number of nitrogens with one attached hydrogen (secondary N) is 1. The Morgan fingerprint density at radius 3 is 2.52 bits per heavy atom. The molecular formula is C21H17F2N5O2S. The van der Waals surface area contributed by atoms with E-state index in [1.165, 1.54) is 12.3 Å².